The fourth-order valence-electron chi connectivity index (χ4n) is 2.92. The predicted molar refractivity (Wildman–Crippen MR) is 84.0 cm³/mol. The Bertz CT molecular complexity index is 203. The minimum Gasteiger partial charge on any atom is -0.381 e. The molecule has 1 heterocycles. The lowest BCUT2D eigenvalue weighted by atomic mass is 9.94. The molecule has 114 valence electrons. The summed E-state index contributed by atoms with van der Waals surface area (Å²) in [6, 6.07) is 0. The highest BCUT2D eigenvalue weighted by Gasteiger charge is 2.15. The maximum absolute atomic E-state index is 6.41. The van der Waals surface area contributed by atoms with Crippen molar-refractivity contribution in [2.24, 2.45) is 11.8 Å². The Kier molecular flexibility index (Phi) is 9.93. The molecular weight excluding hydrogens is 258 g/mol. The molecule has 1 unspecified atom stereocenters. The SMILES string of the molecule is CCC(CC)C(Cl)CNCCCCC1CCOCC1. The van der Waals surface area contributed by atoms with Crippen LogP contribution in [0, 0.1) is 11.8 Å². The summed E-state index contributed by atoms with van der Waals surface area (Å²) >= 11 is 6.41. The Morgan fingerprint density at radius 1 is 1.16 bits per heavy atom. The van der Waals surface area contributed by atoms with Crippen LogP contribution in [0.5, 0.6) is 0 Å². The van der Waals surface area contributed by atoms with Crippen molar-refractivity contribution in [3.05, 3.63) is 0 Å². The second kappa shape index (κ2) is 10.9. The quantitative estimate of drug-likeness (QED) is 0.480. The van der Waals surface area contributed by atoms with Gasteiger partial charge in [-0.1, -0.05) is 39.5 Å². The van der Waals surface area contributed by atoms with Crippen LogP contribution in [-0.2, 0) is 4.74 Å². The molecule has 0 saturated carbocycles. The number of unbranched alkanes of at least 4 members (excludes halogenated alkanes) is 1. The van der Waals surface area contributed by atoms with Gasteiger partial charge in [0.05, 0.1) is 0 Å². The molecule has 0 spiro atoms. The van der Waals surface area contributed by atoms with Gasteiger partial charge in [-0.15, -0.1) is 11.6 Å². The maximum Gasteiger partial charge on any atom is 0.0488 e. The van der Waals surface area contributed by atoms with E-state index in [0.717, 1.165) is 32.2 Å². The molecule has 1 fully saturated rings. The van der Waals surface area contributed by atoms with Gasteiger partial charge >= 0.3 is 0 Å². The first-order chi connectivity index (χ1) is 9.27. The third-order valence-corrected chi connectivity index (χ3v) is 4.97. The Morgan fingerprint density at radius 3 is 2.47 bits per heavy atom. The van der Waals surface area contributed by atoms with E-state index < -0.39 is 0 Å². The summed E-state index contributed by atoms with van der Waals surface area (Å²) in [6.45, 7) is 8.51. The lowest BCUT2D eigenvalue weighted by Crippen LogP contribution is -2.29. The Morgan fingerprint density at radius 2 is 1.84 bits per heavy atom. The van der Waals surface area contributed by atoms with Gasteiger partial charge in [0, 0.05) is 25.1 Å². The van der Waals surface area contributed by atoms with Gasteiger partial charge in [0.15, 0.2) is 0 Å². The van der Waals surface area contributed by atoms with Crippen LogP contribution in [0.2, 0.25) is 0 Å². The van der Waals surface area contributed by atoms with E-state index in [1.807, 2.05) is 0 Å². The number of ether oxygens (including phenoxy) is 1. The summed E-state index contributed by atoms with van der Waals surface area (Å²) in [5.41, 5.74) is 0. The van der Waals surface area contributed by atoms with Gasteiger partial charge in [0.1, 0.15) is 0 Å². The smallest absolute Gasteiger partial charge is 0.0488 e. The molecule has 1 N–H and O–H groups in total. The molecule has 1 aliphatic heterocycles. The molecule has 3 heteroatoms. The molecule has 1 aliphatic rings. The minimum atomic E-state index is 0.297. The summed E-state index contributed by atoms with van der Waals surface area (Å²) in [5, 5.41) is 3.81. The van der Waals surface area contributed by atoms with Gasteiger partial charge < -0.3 is 10.1 Å². The molecule has 0 radical (unpaired) electrons. The van der Waals surface area contributed by atoms with Gasteiger partial charge in [0.25, 0.3) is 0 Å². The average Bonchev–Trinajstić information content (AvgIpc) is 2.45. The van der Waals surface area contributed by atoms with E-state index in [-0.39, 0.29) is 0 Å². The second-order valence-corrected chi connectivity index (χ2v) is 6.41. The first-order valence-corrected chi connectivity index (χ1v) is 8.64. The van der Waals surface area contributed by atoms with E-state index in [0.29, 0.717) is 11.3 Å². The topological polar surface area (TPSA) is 21.3 Å². The number of hydrogen-bond acceptors (Lipinski definition) is 2. The first kappa shape index (κ1) is 17.3. The monoisotopic (exact) mass is 289 g/mol. The summed E-state index contributed by atoms with van der Waals surface area (Å²) in [6.07, 6.45) is 8.92. The highest BCUT2D eigenvalue weighted by atomic mass is 35.5. The van der Waals surface area contributed by atoms with E-state index >= 15 is 0 Å². The first-order valence-electron chi connectivity index (χ1n) is 8.20. The highest BCUT2D eigenvalue weighted by Crippen LogP contribution is 2.20. The molecule has 0 aromatic rings. The van der Waals surface area contributed by atoms with Crippen molar-refractivity contribution in [3.63, 3.8) is 0 Å². The molecule has 0 amide bonds. The molecule has 0 aromatic carbocycles. The second-order valence-electron chi connectivity index (χ2n) is 5.85. The molecule has 19 heavy (non-hydrogen) atoms. The van der Waals surface area contributed by atoms with Crippen molar-refractivity contribution in [2.75, 3.05) is 26.3 Å². The molecular formula is C16H32ClNO. The number of nitrogens with one attached hydrogen (secondary N) is 1. The van der Waals surface area contributed by atoms with Crippen molar-refractivity contribution >= 4 is 11.6 Å². The van der Waals surface area contributed by atoms with Crippen molar-refractivity contribution in [1.29, 1.82) is 0 Å². The summed E-state index contributed by atoms with van der Waals surface area (Å²) in [5.74, 6) is 1.58. The lowest BCUT2D eigenvalue weighted by Gasteiger charge is -2.22. The van der Waals surface area contributed by atoms with Gasteiger partial charge in [-0.25, -0.2) is 0 Å². The number of halogens is 1. The largest absolute Gasteiger partial charge is 0.381 e. The lowest BCUT2D eigenvalue weighted by molar-refractivity contribution is 0.0632. The van der Waals surface area contributed by atoms with E-state index in [2.05, 4.69) is 19.2 Å². The van der Waals surface area contributed by atoms with Crippen LogP contribution >= 0.6 is 11.6 Å². The van der Waals surface area contributed by atoms with Crippen LogP contribution in [0.15, 0.2) is 0 Å². The van der Waals surface area contributed by atoms with E-state index in [1.165, 1.54) is 44.9 Å². The minimum absolute atomic E-state index is 0.297. The van der Waals surface area contributed by atoms with Gasteiger partial charge in [-0.2, -0.15) is 0 Å². The summed E-state index contributed by atoms with van der Waals surface area (Å²) in [7, 11) is 0. The van der Waals surface area contributed by atoms with Gasteiger partial charge in [0.2, 0.25) is 0 Å². The number of rotatable bonds is 10. The van der Waals surface area contributed by atoms with Crippen LogP contribution in [0.4, 0.5) is 0 Å². The molecule has 0 aliphatic carbocycles. The standard InChI is InChI=1S/C16H32ClNO/c1-3-15(4-2)16(17)13-18-10-6-5-7-14-8-11-19-12-9-14/h14-16,18H,3-13H2,1-2H3. The van der Waals surface area contributed by atoms with E-state index in [1.54, 1.807) is 0 Å². The predicted octanol–water partition coefficient (Wildman–Crippen LogP) is 4.22. The fraction of sp³-hybridized carbons (Fsp3) is 1.00. The third-order valence-electron chi connectivity index (χ3n) is 4.46. The third kappa shape index (κ3) is 7.53. The number of alkyl halides is 1. The zero-order chi connectivity index (χ0) is 13.9. The van der Waals surface area contributed by atoms with Crippen molar-refractivity contribution in [3.8, 4) is 0 Å². The molecule has 1 atom stereocenters. The van der Waals surface area contributed by atoms with Gasteiger partial charge in [-0.05, 0) is 37.6 Å². The van der Waals surface area contributed by atoms with Crippen LogP contribution in [0.3, 0.4) is 0 Å². The van der Waals surface area contributed by atoms with Crippen molar-refractivity contribution in [1.82, 2.24) is 5.32 Å². The normalized spacial score (nSPS) is 18.9. The van der Waals surface area contributed by atoms with E-state index in [4.69, 9.17) is 16.3 Å². The van der Waals surface area contributed by atoms with Crippen molar-refractivity contribution in [2.45, 2.75) is 64.2 Å². The number of hydrogen-bond donors (Lipinski definition) is 1. The highest BCUT2D eigenvalue weighted by molar-refractivity contribution is 6.21. The Hall–Kier alpha value is 0.210. The molecule has 1 rings (SSSR count). The zero-order valence-electron chi connectivity index (χ0n) is 12.8. The van der Waals surface area contributed by atoms with Crippen LogP contribution < -0.4 is 5.32 Å². The molecule has 2 nitrogen and oxygen atoms in total. The van der Waals surface area contributed by atoms with Crippen LogP contribution in [0.1, 0.15) is 58.8 Å². The zero-order valence-corrected chi connectivity index (χ0v) is 13.6. The fourth-order valence-corrected chi connectivity index (χ4v) is 3.39. The van der Waals surface area contributed by atoms with Gasteiger partial charge in [-0.3, -0.25) is 0 Å². The molecule has 1 saturated heterocycles. The Balaban J connectivity index is 1.92. The van der Waals surface area contributed by atoms with Crippen LogP contribution in [0.25, 0.3) is 0 Å². The average molecular weight is 290 g/mol. The molecule has 0 bridgehead atoms. The van der Waals surface area contributed by atoms with Crippen molar-refractivity contribution < 1.29 is 4.74 Å². The summed E-state index contributed by atoms with van der Waals surface area (Å²) < 4.78 is 5.39. The van der Waals surface area contributed by atoms with Crippen LogP contribution in [-0.4, -0.2) is 31.7 Å². The molecule has 0 aromatic heterocycles. The maximum atomic E-state index is 6.41. The van der Waals surface area contributed by atoms with E-state index in [9.17, 15) is 0 Å². The Labute approximate surface area is 124 Å². The summed E-state index contributed by atoms with van der Waals surface area (Å²) in [4.78, 5) is 0.